The van der Waals surface area contributed by atoms with Crippen LogP contribution in [0.3, 0.4) is 0 Å². The summed E-state index contributed by atoms with van der Waals surface area (Å²) >= 11 is 6.43. The van der Waals surface area contributed by atoms with E-state index in [1.165, 1.54) is 12.1 Å². The lowest BCUT2D eigenvalue weighted by atomic mass is 10.2. The zero-order valence-corrected chi connectivity index (χ0v) is 20.3. The monoisotopic (exact) mass is 572 g/mol. The van der Waals surface area contributed by atoms with Crippen molar-refractivity contribution in [2.24, 2.45) is 0 Å². The van der Waals surface area contributed by atoms with Crippen LogP contribution in [0, 0.1) is 20.2 Å². The second-order valence-electron chi connectivity index (χ2n) is 6.98. The van der Waals surface area contributed by atoms with Crippen molar-refractivity contribution in [1.82, 2.24) is 0 Å². The van der Waals surface area contributed by atoms with Crippen LogP contribution in [0.4, 0.5) is 22.7 Å². The highest BCUT2D eigenvalue weighted by Crippen LogP contribution is 2.30. The quantitative estimate of drug-likeness (QED) is 0.391. The van der Waals surface area contributed by atoms with Crippen molar-refractivity contribution < 1.29 is 19.3 Å². The van der Waals surface area contributed by atoms with Crippen LogP contribution in [0.1, 0.15) is 0 Å². The van der Waals surface area contributed by atoms with E-state index >= 15 is 0 Å². The van der Waals surface area contributed by atoms with Crippen molar-refractivity contribution in [3.8, 4) is 0 Å². The van der Waals surface area contributed by atoms with Crippen LogP contribution >= 0.6 is 31.9 Å². The zero-order valence-electron chi connectivity index (χ0n) is 17.1. The molecule has 0 spiro atoms. The topological polar surface area (TPSA) is 111 Å². The average molecular weight is 574 g/mol. The number of rotatable bonds is 4. The van der Waals surface area contributed by atoms with Gasteiger partial charge in [0.2, 0.25) is 0 Å². The first-order valence-corrected chi connectivity index (χ1v) is 11.5. The van der Waals surface area contributed by atoms with Gasteiger partial charge in [-0.3, -0.25) is 20.2 Å². The lowest BCUT2D eigenvalue weighted by molar-refractivity contribution is -0.385. The van der Waals surface area contributed by atoms with Gasteiger partial charge < -0.3 is 19.3 Å². The van der Waals surface area contributed by atoms with Crippen LogP contribution in [-0.2, 0) is 9.47 Å². The fourth-order valence-corrected chi connectivity index (χ4v) is 4.35. The van der Waals surface area contributed by atoms with Crippen molar-refractivity contribution in [3.05, 3.63) is 65.6 Å². The van der Waals surface area contributed by atoms with Gasteiger partial charge in [0, 0.05) is 49.7 Å². The molecule has 4 rings (SSSR count). The number of anilines is 2. The highest BCUT2D eigenvalue weighted by Gasteiger charge is 2.17. The number of ether oxygens (including phenoxy) is 2. The third-order valence-corrected chi connectivity index (χ3v) is 6.28. The Labute approximate surface area is 201 Å². The summed E-state index contributed by atoms with van der Waals surface area (Å²) < 4.78 is 11.5. The van der Waals surface area contributed by atoms with Gasteiger partial charge in [-0.2, -0.15) is 0 Å². The minimum absolute atomic E-state index is 0.0945. The van der Waals surface area contributed by atoms with E-state index in [0.717, 1.165) is 37.6 Å². The van der Waals surface area contributed by atoms with Gasteiger partial charge in [0.1, 0.15) is 0 Å². The number of hydrogen-bond acceptors (Lipinski definition) is 8. The maximum absolute atomic E-state index is 10.7. The predicted molar refractivity (Wildman–Crippen MR) is 128 cm³/mol. The smallest absolute Gasteiger partial charge is 0.283 e. The molecule has 2 fully saturated rings. The zero-order chi connectivity index (χ0) is 23.1. The molecule has 2 aliphatic heterocycles. The van der Waals surface area contributed by atoms with Gasteiger partial charge in [-0.15, -0.1) is 0 Å². The molecule has 0 unspecified atom stereocenters. The van der Waals surface area contributed by atoms with Crippen LogP contribution in [0.2, 0.25) is 0 Å². The normalized spacial score (nSPS) is 16.2. The molecule has 10 nitrogen and oxygen atoms in total. The second-order valence-corrected chi connectivity index (χ2v) is 8.69. The molecule has 0 aliphatic carbocycles. The van der Waals surface area contributed by atoms with E-state index in [1.54, 1.807) is 24.3 Å². The minimum atomic E-state index is -0.396. The van der Waals surface area contributed by atoms with Gasteiger partial charge in [0.25, 0.3) is 11.4 Å². The molecule has 0 amide bonds. The van der Waals surface area contributed by atoms with Crippen LogP contribution < -0.4 is 9.80 Å². The maximum Gasteiger partial charge on any atom is 0.283 e. The minimum Gasteiger partial charge on any atom is -0.378 e. The summed E-state index contributed by atoms with van der Waals surface area (Å²) in [5.41, 5.74) is 2.16. The van der Waals surface area contributed by atoms with Crippen molar-refractivity contribution in [1.29, 1.82) is 0 Å². The van der Waals surface area contributed by atoms with E-state index in [1.807, 2.05) is 0 Å². The van der Waals surface area contributed by atoms with E-state index in [0.29, 0.717) is 35.4 Å². The fourth-order valence-electron chi connectivity index (χ4n) is 3.32. The van der Waals surface area contributed by atoms with E-state index in [-0.39, 0.29) is 11.4 Å². The number of hydrogen-bond donors (Lipinski definition) is 0. The molecule has 0 atom stereocenters. The standard InChI is InChI=1S/2C10H11BrN2O3/c2*11-9-7-8(1-2-10(9)13(14)15)12-3-5-16-6-4-12/h2*1-2,7H,3-6H2. The van der Waals surface area contributed by atoms with Crippen molar-refractivity contribution in [2.75, 3.05) is 62.4 Å². The van der Waals surface area contributed by atoms with Gasteiger partial charge in [-0.1, -0.05) is 0 Å². The first kappa shape index (κ1) is 24.4. The number of nitro groups is 2. The molecule has 0 radical (unpaired) electrons. The summed E-state index contributed by atoms with van der Waals surface area (Å²) in [5, 5.41) is 21.3. The predicted octanol–water partition coefficient (Wildman–Crippen LogP) is 4.39. The molecule has 2 heterocycles. The molecular formula is C20H22Br2N4O6. The van der Waals surface area contributed by atoms with Crippen molar-refractivity contribution >= 4 is 54.6 Å². The largest absolute Gasteiger partial charge is 0.378 e. The Balaban J connectivity index is 0.000000181. The average Bonchev–Trinajstić information content (AvgIpc) is 2.80. The Morgan fingerprint density at radius 2 is 1.03 bits per heavy atom. The van der Waals surface area contributed by atoms with Gasteiger partial charge >= 0.3 is 0 Å². The molecule has 172 valence electrons. The molecule has 0 N–H and O–H groups in total. The van der Waals surface area contributed by atoms with Gasteiger partial charge in [-0.25, -0.2) is 0 Å². The van der Waals surface area contributed by atoms with Gasteiger partial charge in [0.15, 0.2) is 0 Å². The molecule has 32 heavy (non-hydrogen) atoms. The number of morpholine rings is 2. The first-order chi connectivity index (χ1) is 15.4. The Bertz CT molecular complexity index is 888. The molecule has 0 bridgehead atoms. The SMILES string of the molecule is O=[N+]([O-])c1ccc(N2CCOCC2)cc1Br.O=[N+]([O-])c1ccc(N2CCOCC2)cc1Br. The van der Waals surface area contributed by atoms with Crippen molar-refractivity contribution in [3.63, 3.8) is 0 Å². The summed E-state index contributed by atoms with van der Waals surface area (Å²) in [4.78, 5) is 24.8. The number of nitro benzene ring substituents is 2. The molecule has 2 aliphatic rings. The summed E-state index contributed by atoms with van der Waals surface area (Å²) in [5.74, 6) is 0. The fraction of sp³-hybridized carbons (Fsp3) is 0.400. The van der Waals surface area contributed by atoms with Gasteiger partial charge in [0.05, 0.1) is 45.2 Å². The molecule has 0 saturated carbocycles. The summed E-state index contributed by atoms with van der Waals surface area (Å²) in [7, 11) is 0. The van der Waals surface area contributed by atoms with Crippen LogP contribution in [0.25, 0.3) is 0 Å². The second kappa shape index (κ2) is 11.5. The summed E-state index contributed by atoms with van der Waals surface area (Å²) in [6.07, 6.45) is 0. The lowest BCUT2D eigenvalue weighted by Crippen LogP contribution is -2.36. The van der Waals surface area contributed by atoms with Crippen LogP contribution in [-0.4, -0.2) is 62.5 Å². The van der Waals surface area contributed by atoms with E-state index < -0.39 is 9.85 Å². The van der Waals surface area contributed by atoms with E-state index in [2.05, 4.69) is 41.7 Å². The Morgan fingerprint density at radius 1 is 0.688 bits per heavy atom. The first-order valence-electron chi connectivity index (χ1n) is 9.90. The number of nitrogens with zero attached hydrogens (tertiary/aromatic N) is 4. The third kappa shape index (κ3) is 6.37. The molecule has 2 saturated heterocycles. The van der Waals surface area contributed by atoms with Crippen molar-refractivity contribution in [2.45, 2.75) is 0 Å². The Hall–Kier alpha value is -2.28. The van der Waals surface area contributed by atoms with Crippen LogP contribution in [0.5, 0.6) is 0 Å². The van der Waals surface area contributed by atoms with Gasteiger partial charge in [-0.05, 0) is 56.1 Å². The molecule has 0 aromatic heterocycles. The Kier molecular flexibility index (Phi) is 8.79. The lowest BCUT2D eigenvalue weighted by Gasteiger charge is -2.28. The van der Waals surface area contributed by atoms with E-state index in [4.69, 9.17) is 9.47 Å². The summed E-state index contributed by atoms with van der Waals surface area (Å²) in [6, 6.07) is 10.2. The maximum atomic E-state index is 10.7. The highest BCUT2D eigenvalue weighted by atomic mass is 79.9. The molecule has 2 aromatic rings. The molecular weight excluding hydrogens is 552 g/mol. The number of benzene rings is 2. The molecule has 2 aromatic carbocycles. The number of halogens is 2. The molecule has 12 heteroatoms. The van der Waals surface area contributed by atoms with Crippen LogP contribution in [0.15, 0.2) is 45.3 Å². The van der Waals surface area contributed by atoms with E-state index in [9.17, 15) is 20.2 Å². The highest BCUT2D eigenvalue weighted by molar-refractivity contribution is 9.11. The summed E-state index contributed by atoms with van der Waals surface area (Å²) in [6.45, 7) is 6.11. The third-order valence-electron chi connectivity index (χ3n) is 5.01. The Morgan fingerprint density at radius 3 is 1.31 bits per heavy atom.